The van der Waals surface area contributed by atoms with Gasteiger partial charge in [0.15, 0.2) is 0 Å². The Bertz CT molecular complexity index is 37.3. The first-order valence-electron chi connectivity index (χ1n) is 1.94. The third kappa shape index (κ3) is 5.09. The summed E-state index contributed by atoms with van der Waals surface area (Å²) >= 11 is -0.504. The van der Waals surface area contributed by atoms with Crippen molar-refractivity contribution in [1.29, 1.82) is 0 Å². The fourth-order valence-corrected chi connectivity index (χ4v) is 0. The van der Waals surface area contributed by atoms with Gasteiger partial charge in [0.05, 0.1) is 0 Å². The average Bonchev–Trinajstić information content (AvgIpc) is 1.35. The molecule has 0 aromatic rings. The third-order valence-electron chi connectivity index (χ3n) is 0.283. The molecule has 0 spiro atoms. The zero-order valence-corrected chi connectivity index (χ0v) is 7.99. The number of hydrogen-bond acceptors (Lipinski definition) is 0. The summed E-state index contributed by atoms with van der Waals surface area (Å²) in [4.78, 5) is 0. The van der Waals surface area contributed by atoms with E-state index in [1.54, 1.807) is 0 Å². The van der Waals surface area contributed by atoms with Crippen molar-refractivity contribution < 1.29 is 0 Å². The van der Waals surface area contributed by atoms with Crippen LogP contribution in [-0.4, -0.2) is 20.0 Å². The van der Waals surface area contributed by atoms with E-state index >= 15 is 0 Å². The van der Waals surface area contributed by atoms with E-state index in [2.05, 4.69) is 20.8 Å². The van der Waals surface area contributed by atoms with Gasteiger partial charge in [-0.05, 0) is 0 Å². The minimum atomic E-state index is -0.504. The Kier molecular flexibility index (Phi) is 2.85. The maximum atomic E-state index is 5.65. The molecule has 0 atom stereocenters. The molecular formula is C4H9ClSn. The van der Waals surface area contributed by atoms with Gasteiger partial charge >= 0.3 is 53.1 Å². The zero-order chi connectivity index (χ0) is 5.21. The molecule has 0 amide bonds. The molecule has 0 N–H and O–H groups in total. The molecule has 0 bridgehead atoms. The standard InChI is InChI=1S/C4H9.ClH.Sn/c1-4(2)3;;/h1-3H3;1H;/q;;+1/p-1. The number of hydrogen-bond donors (Lipinski definition) is 0. The Morgan fingerprint density at radius 3 is 1.50 bits per heavy atom. The summed E-state index contributed by atoms with van der Waals surface area (Å²) in [5, 5.41) is 0. The van der Waals surface area contributed by atoms with E-state index in [1.807, 2.05) is 0 Å². The Hall–Kier alpha value is 1.09. The molecule has 0 aliphatic heterocycles. The Labute approximate surface area is 53.2 Å². The number of rotatable bonds is 0. The van der Waals surface area contributed by atoms with Gasteiger partial charge < -0.3 is 0 Å². The van der Waals surface area contributed by atoms with Crippen molar-refractivity contribution in [3.8, 4) is 0 Å². The van der Waals surface area contributed by atoms with Crippen LogP contribution >= 0.6 is 8.92 Å². The second-order valence-corrected chi connectivity index (χ2v) is 8.43. The fraction of sp³-hybridized carbons (Fsp3) is 1.00. The first kappa shape index (κ1) is 7.09. The Morgan fingerprint density at radius 2 is 1.50 bits per heavy atom. The van der Waals surface area contributed by atoms with E-state index in [-0.39, 0.29) is 0 Å². The van der Waals surface area contributed by atoms with Crippen LogP contribution in [0, 0.1) is 0 Å². The van der Waals surface area contributed by atoms with Crippen molar-refractivity contribution in [2.75, 3.05) is 0 Å². The second kappa shape index (κ2) is 2.41. The van der Waals surface area contributed by atoms with Crippen molar-refractivity contribution in [1.82, 2.24) is 0 Å². The van der Waals surface area contributed by atoms with Crippen LogP contribution in [0.4, 0.5) is 0 Å². The minimum absolute atomic E-state index is 0.477. The van der Waals surface area contributed by atoms with E-state index in [0.29, 0.717) is 3.43 Å². The fourth-order valence-electron chi connectivity index (χ4n) is 0. The first-order valence-corrected chi connectivity index (χ1v) is 6.98. The van der Waals surface area contributed by atoms with Crippen molar-refractivity contribution in [3.63, 3.8) is 0 Å². The third-order valence-corrected chi connectivity index (χ3v) is 5.70. The first-order chi connectivity index (χ1) is 2.56. The predicted molar refractivity (Wildman–Crippen MR) is 31.3 cm³/mol. The summed E-state index contributed by atoms with van der Waals surface area (Å²) in [6.07, 6.45) is 0. The summed E-state index contributed by atoms with van der Waals surface area (Å²) < 4.78 is 0.477. The van der Waals surface area contributed by atoms with Crippen LogP contribution in [0.5, 0.6) is 0 Å². The van der Waals surface area contributed by atoms with Crippen LogP contribution in [0.3, 0.4) is 0 Å². The molecule has 6 heavy (non-hydrogen) atoms. The normalized spacial score (nSPS) is 12.0. The van der Waals surface area contributed by atoms with Gasteiger partial charge in [0.25, 0.3) is 0 Å². The Morgan fingerprint density at radius 1 is 1.33 bits per heavy atom. The van der Waals surface area contributed by atoms with Crippen LogP contribution in [0.25, 0.3) is 0 Å². The van der Waals surface area contributed by atoms with Gasteiger partial charge in [0, 0.05) is 0 Å². The molecule has 2 heteroatoms. The van der Waals surface area contributed by atoms with Crippen LogP contribution < -0.4 is 0 Å². The number of halogens is 1. The summed E-state index contributed by atoms with van der Waals surface area (Å²) in [7, 11) is 5.65. The second-order valence-electron chi connectivity index (χ2n) is 2.34. The molecule has 0 aliphatic rings. The predicted octanol–water partition coefficient (Wildman–Crippen LogP) is 2.06. The zero-order valence-electron chi connectivity index (χ0n) is 4.38. The molecule has 0 heterocycles. The van der Waals surface area contributed by atoms with Gasteiger partial charge in [0.1, 0.15) is 0 Å². The molecule has 2 radical (unpaired) electrons. The van der Waals surface area contributed by atoms with Gasteiger partial charge in [0.2, 0.25) is 0 Å². The molecule has 0 saturated carbocycles. The maximum absolute atomic E-state index is 5.65. The van der Waals surface area contributed by atoms with Gasteiger partial charge in [-0.15, -0.1) is 0 Å². The molecule has 0 unspecified atom stereocenters. The summed E-state index contributed by atoms with van der Waals surface area (Å²) in [6.45, 7) is 6.56. The average molecular weight is 211 g/mol. The van der Waals surface area contributed by atoms with E-state index in [4.69, 9.17) is 8.92 Å². The van der Waals surface area contributed by atoms with Crippen LogP contribution in [0.15, 0.2) is 0 Å². The van der Waals surface area contributed by atoms with Crippen LogP contribution in [-0.2, 0) is 0 Å². The molecule has 0 nitrogen and oxygen atoms in total. The summed E-state index contributed by atoms with van der Waals surface area (Å²) in [5.74, 6) is 0. The van der Waals surface area contributed by atoms with Crippen molar-refractivity contribution in [3.05, 3.63) is 0 Å². The van der Waals surface area contributed by atoms with Crippen molar-refractivity contribution in [2.45, 2.75) is 24.2 Å². The van der Waals surface area contributed by atoms with Crippen molar-refractivity contribution in [2.24, 2.45) is 0 Å². The van der Waals surface area contributed by atoms with Gasteiger partial charge in [-0.25, -0.2) is 0 Å². The molecule has 0 saturated heterocycles. The van der Waals surface area contributed by atoms with Crippen LogP contribution in [0.2, 0.25) is 3.43 Å². The topological polar surface area (TPSA) is 0 Å². The monoisotopic (exact) mass is 212 g/mol. The Balaban J connectivity index is 3.17. The van der Waals surface area contributed by atoms with E-state index < -0.39 is 20.0 Å². The summed E-state index contributed by atoms with van der Waals surface area (Å²) in [6, 6.07) is 0. The van der Waals surface area contributed by atoms with Gasteiger partial charge in [-0.2, -0.15) is 0 Å². The molecule has 0 aromatic heterocycles. The molecule has 0 rings (SSSR count). The molecular weight excluding hydrogens is 202 g/mol. The quantitative estimate of drug-likeness (QED) is 0.538. The molecule has 36 valence electrons. The van der Waals surface area contributed by atoms with Crippen LogP contribution in [0.1, 0.15) is 20.8 Å². The van der Waals surface area contributed by atoms with E-state index in [1.165, 1.54) is 0 Å². The van der Waals surface area contributed by atoms with Gasteiger partial charge in [-0.3, -0.25) is 0 Å². The SMILES string of the molecule is C[C](C)(C)[Sn][Cl]. The molecule has 0 aliphatic carbocycles. The summed E-state index contributed by atoms with van der Waals surface area (Å²) in [5.41, 5.74) is 0. The molecule has 0 aromatic carbocycles. The van der Waals surface area contributed by atoms with Crippen molar-refractivity contribution >= 4 is 28.9 Å². The van der Waals surface area contributed by atoms with E-state index in [9.17, 15) is 0 Å². The molecule has 0 fully saturated rings. The van der Waals surface area contributed by atoms with E-state index in [0.717, 1.165) is 0 Å². The van der Waals surface area contributed by atoms with Gasteiger partial charge in [-0.1, -0.05) is 0 Å².